The molecule has 3 rings (SSSR count). The lowest BCUT2D eigenvalue weighted by atomic mass is 10.1. The van der Waals surface area contributed by atoms with Gasteiger partial charge in [-0.15, -0.1) is 0 Å². The van der Waals surface area contributed by atoms with Crippen molar-refractivity contribution in [3.63, 3.8) is 0 Å². The molecule has 1 N–H and O–H groups in total. The Kier molecular flexibility index (Phi) is 6.51. The normalized spacial score (nSPS) is 11.3. The number of aryl methyl sites for hydroxylation is 5. The van der Waals surface area contributed by atoms with Crippen LogP contribution < -0.4 is 9.62 Å². The van der Waals surface area contributed by atoms with Crippen LogP contribution in [-0.2, 0) is 14.8 Å². The fourth-order valence-corrected chi connectivity index (χ4v) is 4.93. The van der Waals surface area contributed by atoms with Gasteiger partial charge in [0.25, 0.3) is 10.0 Å². The average Bonchev–Trinajstić information content (AvgIpc) is 2.68. The predicted octanol–water partition coefficient (Wildman–Crippen LogP) is 5.06. The number of hydrogen-bond donors (Lipinski definition) is 1. The van der Waals surface area contributed by atoms with Crippen molar-refractivity contribution < 1.29 is 13.2 Å². The fourth-order valence-electron chi connectivity index (χ4n) is 3.52. The van der Waals surface area contributed by atoms with E-state index in [-0.39, 0.29) is 11.4 Å². The second-order valence-electron chi connectivity index (χ2n) is 8.04. The first-order valence-corrected chi connectivity index (χ1v) is 11.5. The van der Waals surface area contributed by atoms with Gasteiger partial charge in [0.05, 0.1) is 10.6 Å². The molecule has 0 bridgehead atoms. The minimum Gasteiger partial charge on any atom is -0.324 e. The van der Waals surface area contributed by atoms with Gasteiger partial charge in [0.2, 0.25) is 5.91 Å². The summed E-state index contributed by atoms with van der Waals surface area (Å²) in [7, 11) is -3.94. The van der Waals surface area contributed by atoms with Crippen LogP contribution in [0.2, 0.25) is 0 Å². The van der Waals surface area contributed by atoms with Crippen LogP contribution in [0.5, 0.6) is 0 Å². The third-order valence-corrected chi connectivity index (χ3v) is 6.83. The van der Waals surface area contributed by atoms with Gasteiger partial charge in [-0.1, -0.05) is 41.5 Å². The molecule has 0 aliphatic carbocycles. The maximum atomic E-state index is 13.5. The van der Waals surface area contributed by atoms with Crippen molar-refractivity contribution in [2.75, 3.05) is 16.2 Å². The van der Waals surface area contributed by atoms with E-state index in [0.29, 0.717) is 11.4 Å². The van der Waals surface area contributed by atoms with Gasteiger partial charge in [0, 0.05) is 5.69 Å². The maximum Gasteiger partial charge on any atom is 0.264 e. The third-order valence-electron chi connectivity index (χ3n) is 5.05. The summed E-state index contributed by atoms with van der Waals surface area (Å²) in [5, 5.41) is 2.85. The number of nitrogens with one attached hydrogen (secondary N) is 1. The number of hydrogen-bond acceptors (Lipinski definition) is 3. The summed E-state index contributed by atoms with van der Waals surface area (Å²) in [4.78, 5) is 13.1. The molecule has 0 atom stereocenters. The van der Waals surface area contributed by atoms with Crippen LogP contribution in [0.25, 0.3) is 0 Å². The number of amides is 1. The molecule has 0 aliphatic heterocycles. The van der Waals surface area contributed by atoms with Gasteiger partial charge in [0.15, 0.2) is 0 Å². The van der Waals surface area contributed by atoms with E-state index in [1.54, 1.807) is 36.4 Å². The molecule has 6 heteroatoms. The molecule has 0 unspecified atom stereocenters. The van der Waals surface area contributed by atoms with Crippen molar-refractivity contribution >= 4 is 27.3 Å². The molecule has 0 aromatic heterocycles. The van der Waals surface area contributed by atoms with E-state index in [9.17, 15) is 13.2 Å². The summed E-state index contributed by atoms with van der Waals surface area (Å²) >= 11 is 0. The zero-order valence-corrected chi connectivity index (χ0v) is 19.4. The number of rotatable bonds is 6. The lowest BCUT2D eigenvalue weighted by Crippen LogP contribution is -2.38. The quantitative estimate of drug-likeness (QED) is 0.587. The molecule has 0 radical (unpaired) electrons. The van der Waals surface area contributed by atoms with Crippen LogP contribution in [-0.4, -0.2) is 20.9 Å². The van der Waals surface area contributed by atoms with Gasteiger partial charge < -0.3 is 5.32 Å². The Balaban J connectivity index is 1.99. The van der Waals surface area contributed by atoms with Crippen LogP contribution in [0.1, 0.15) is 27.8 Å². The molecule has 31 heavy (non-hydrogen) atoms. The molecule has 0 aliphatic rings. The largest absolute Gasteiger partial charge is 0.324 e. The summed E-state index contributed by atoms with van der Waals surface area (Å²) in [6.07, 6.45) is 0. The first-order chi connectivity index (χ1) is 14.6. The van der Waals surface area contributed by atoms with Gasteiger partial charge in [-0.25, -0.2) is 8.42 Å². The highest BCUT2D eigenvalue weighted by atomic mass is 32.2. The van der Waals surface area contributed by atoms with Crippen LogP contribution >= 0.6 is 0 Å². The Labute approximate surface area is 184 Å². The predicted molar refractivity (Wildman–Crippen MR) is 126 cm³/mol. The van der Waals surface area contributed by atoms with E-state index in [2.05, 4.69) is 5.32 Å². The van der Waals surface area contributed by atoms with Gasteiger partial charge >= 0.3 is 0 Å². The summed E-state index contributed by atoms with van der Waals surface area (Å²) in [6, 6.07) is 17.9. The third kappa shape index (κ3) is 5.33. The van der Waals surface area contributed by atoms with Crippen molar-refractivity contribution in [1.82, 2.24) is 0 Å². The molecule has 0 spiro atoms. The van der Waals surface area contributed by atoms with Crippen molar-refractivity contribution in [3.05, 3.63) is 88.5 Å². The van der Waals surface area contributed by atoms with Gasteiger partial charge in [-0.05, 0) is 81.6 Å². The summed E-state index contributed by atoms with van der Waals surface area (Å²) < 4.78 is 28.2. The highest BCUT2D eigenvalue weighted by molar-refractivity contribution is 7.92. The molecular formula is C25H28N2O3S. The maximum absolute atomic E-state index is 13.5. The Morgan fingerprint density at radius 2 is 1.35 bits per heavy atom. The second kappa shape index (κ2) is 8.94. The van der Waals surface area contributed by atoms with Crippen LogP contribution in [0.3, 0.4) is 0 Å². The highest BCUT2D eigenvalue weighted by Crippen LogP contribution is 2.26. The van der Waals surface area contributed by atoms with Crippen molar-refractivity contribution in [3.8, 4) is 0 Å². The van der Waals surface area contributed by atoms with Gasteiger partial charge in [0.1, 0.15) is 6.54 Å². The zero-order valence-electron chi connectivity index (χ0n) is 18.6. The SMILES string of the molecule is Cc1ccc(S(=O)(=O)N(CC(=O)Nc2ccc(C)cc2C)c2cc(C)cc(C)c2)cc1. The lowest BCUT2D eigenvalue weighted by Gasteiger charge is -2.25. The van der Waals surface area contributed by atoms with Crippen molar-refractivity contribution in [1.29, 1.82) is 0 Å². The topological polar surface area (TPSA) is 66.5 Å². The molecule has 0 fully saturated rings. The number of nitrogens with zero attached hydrogens (tertiary/aromatic N) is 1. The van der Waals surface area contributed by atoms with E-state index in [0.717, 1.165) is 27.8 Å². The van der Waals surface area contributed by atoms with Crippen LogP contribution in [0, 0.1) is 34.6 Å². The molecule has 3 aromatic rings. The van der Waals surface area contributed by atoms with E-state index in [1.165, 1.54) is 4.31 Å². The Bertz CT molecular complexity index is 1200. The van der Waals surface area contributed by atoms with Gasteiger partial charge in [-0.2, -0.15) is 0 Å². The van der Waals surface area contributed by atoms with Crippen molar-refractivity contribution in [2.45, 2.75) is 39.5 Å². The molecule has 0 heterocycles. The molecular weight excluding hydrogens is 408 g/mol. The molecule has 3 aromatic carbocycles. The lowest BCUT2D eigenvalue weighted by molar-refractivity contribution is -0.114. The summed E-state index contributed by atoms with van der Waals surface area (Å²) in [6.45, 7) is 9.27. The Hall–Kier alpha value is -3.12. The minimum atomic E-state index is -3.94. The van der Waals surface area contributed by atoms with E-state index in [4.69, 9.17) is 0 Å². The highest BCUT2D eigenvalue weighted by Gasteiger charge is 2.27. The first-order valence-electron chi connectivity index (χ1n) is 10.1. The second-order valence-corrected chi connectivity index (χ2v) is 9.90. The Morgan fingerprint density at radius 3 is 1.94 bits per heavy atom. The monoisotopic (exact) mass is 436 g/mol. The standard InChI is InChI=1S/C25H28N2O3S/c1-17-6-9-23(10-7-17)31(29,30)27(22-14-19(3)12-20(4)15-22)16-25(28)26-24-11-8-18(2)13-21(24)5/h6-15H,16H2,1-5H3,(H,26,28). The number of anilines is 2. The molecule has 1 amide bonds. The van der Waals surface area contributed by atoms with Crippen LogP contribution in [0.15, 0.2) is 65.6 Å². The van der Waals surface area contributed by atoms with E-state index >= 15 is 0 Å². The fraction of sp³-hybridized carbons (Fsp3) is 0.240. The number of benzene rings is 3. The van der Waals surface area contributed by atoms with Crippen LogP contribution in [0.4, 0.5) is 11.4 Å². The molecule has 162 valence electrons. The molecule has 0 saturated heterocycles. The zero-order chi connectivity index (χ0) is 22.8. The number of carbonyl (C=O) groups excluding carboxylic acids is 1. The summed E-state index contributed by atoms with van der Waals surface area (Å²) in [5.74, 6) is -0.401. The summed E-state index contributed by atoms with van der Waals surface area (Å²) in [5.41, 5.74) is 5.96. The molecule has 0 saturated carbocycles. The average molecular weight is 437 g/mol. The first kappa shape index (κ1) is 22.6. The number of carbonyl (C=O) groups is 1. The van der Waals surface area contributed by atoms with E-state index in [1.807, 2.05) is 58.9 Å². The van der Waals surface area contributed by atoms with Gasteiger partial charge in [-0.3, -0.25) is 9.10 Å². The molecule has 5 nitrogen and oxygen atoms in total. The number of sulfonamides is 1. The smallest absolute Gasteiger partial charge is 0.264 e. The minimum absolute atomic E-state index is 0.150. The van der Waals surface area contributed by atoms with Crippen molar-refractivity contribution in [2.24, 2.45) is 0 Å². The Morgan fingerprint density at radius 1 is 0.774 bits per heavy atom. The van der Waals surface area contributed by atoms with E-state index < -0.39 is 15.9 Å².